The maximum atomic E-state index is 11.4. The molecular weight excluding hydrogens is 346 g/mol. The topological polar surface area (TPSA) is 110 Å². The van der Waals surface area contributed by atoms with Gasteiger partial charge in [0.15, 0.2) is 20.8 Å². The second-order valence-electron chi connectivity index (χ2n) is 5.24. The fourth-order valence-electron chi connectivity index (χ4n) is 2.03. The molecule has 0 atom stereocenters. The number of nitrogens with two attached hydrogens (primary N) is 1. The Bertz CT molecular complexity index is 835. The van der Waals surface area contributed by atoms with Gasteiger partial charge in [0.2, 0.25) is 0 Å². The number of rotatable bonds is 5. The standard InChI is InChI=1S/C15H19N5O2S2/c1-3-17-15(23)19-11-6-4-10(5-7-11)14-18-12(8-13(16)20-14)9-24(2,21)22/h4-8H,3,9H2,1-2H3,(H2,16,18,20)(H2,17,19,23). The first-order valence-corrected chi connectivity index (χ1v) is 9.70. The van der Waals surface area contributed by atoms with Gasteiger partial charge in [-0.2, -0.15) is 0 Å². The molecule has 1 aromatic heterocycles. The lowest BCUT2D eigenvalue weighted by Gasteiger charge is -2.10. The van der Waals surface area contributed by atoms with E-state index in [-0.39, 0.29) is 11.6 Å². The van der Waals surface area contributed by atoms with Crippen molar-refractivity contribution in [3.63, 3.8) is 0 Å². The van der Waals surface area contributed by atoms with Crippen LogP contribution in [0.2, 0.25) is 0 Å². The Balaban J connectivity index is 2.24. The van der Waals surface area contributed by atoms with Crippen molar-refractivity contribution in [2.75, 3.05) is 23.9 Å². The molecule has 0 bridgehead atoms. The minimum atomic E-state index is -3.20. The van der Waals surface area contributed by atoms with Crippen LogP contribution in [0.4, 0.5) is 11.5 Å². The van der Waals surface area contributed by atoms with Gasteiger partial charge in [-0.15, -0.1) is 0 Å². The number of nitrogen functional groups attached to an aromatic ring is 1. The number of sulfone groups is 1. The van der Waals surface area contributed by atoms with Crippen molar-refractivity contribution < 1.29 is 8.42 Å². The van der Waals surface area contributed by atoms with E-state index in [2.05, 4.69) is 20.6 Å². The van der Waals surface area contributed by atoms with Gasteiger partial charge in [0.05, 0.1) is 11.4 Å². The van der Waals surface area contributed by atoms with Crippen LogP contribution in [0.3, 0.4) is 0 Å². The number of nitrogens with zero attached hydrogens (tertiary/aromatic N) is 2. The molecule has 0 aliphatic rings. The van der Waals surface area contributed by atoms with Gasteiger partial charge < -0.3 is 16.4 Å². The highest BCUT2D eigenvalue weighted by atomic mass is 32.2. The lowest BCUT2D eigenvalue weighted by Crippen LogP contribution is -2.27. The first kappa shape index (κ1) is 18.1. The molecule has 24 heavy (non-hydrogen) atoms. The average molecular weight is 365 g/mol. The highest BCUT2D eigenvalue weighted by molar-refractivity contribution is 7.89. The Morgan fingerprint density at radius 2 is 1.92 bits per heavy atom. The molecule has 2 aromatic rings. The molecule has 0 fully saturated rings. The zero-order chi connectivity index (χ0) is 17.7. The van der Waals surface area contributed by atoms with Crippen molar-refractivity contribution in [3.05, 3.63) is 36.0 Å². The highest BCUT2D eigenvalue weighted by Crippen LogP contribution is 2.20. The van der Waals surface area contributed by atoms with E-state index in [9.17, 15) is 8.42 Å². The zero-order valence-corrected chi connectivity index (χ0v) is 15.0. The first-order valence-electron chi connectivity index (χ1n) is 7.23. The second-order valence-corrected chi connectivity index (χ2v) is 7.79. The number of aromatic nitrogens is 2. The van der Waals surface area contributed by atoms with Crippen LogP contribution in [0.1, 0.15) is 12.6 Å². The Labute approximate surface area is 146 Å². The number of hydrogen-bond acceptors (Lipinski definition) is 6. The fourth-order valence-corrected chi connectivity index (χ4v) is 2.98. The number of anilines is 2. The summed E-state index contributed by atoms with van der Waals surface area (Å²) in [5.41, 5.74) is 7.69. The van der Waals surface area contributed by atoms with E-state index in [1.165, 1.54) is 6.07 Å². The van der Waals surface area contributed by atoms with Gasteiger partial charge in [0.25, 0.3) is 0 Å². The van der Waals surface area contributed by atoms with Gasteiger partial charge in [-0.3, -0.25) is 0 Å². The summed E-state index contributed by atoms with van der Waals surface area (Å²) in [6.45, 7) is 2.70. The van der Waals surface area contributed by atoms with E-state index < -0.39 is 9.84 Å². The molecule has 128 valence electrons. The summed E-state index contributed by atoms with van der Waals surface area (Å²) in [6.07, 6.45) is 1.15. The van der Waals surface area contributed by atoms with Crippen molar-refractivity contribution in [2.45, 2.75) is 12.7 Å². The third-order valence-electron chi connectivity index (χ3n) is 2.95. The van der Waals surface area contributed by atoms with Crippen molar-refractivity contribution >= 4 is 38.7 Å². The van der Waals surface area contributed by atoms with Crippen molar-refractivity contribution in [2.24, 2.45) is 0 Å². The van der Waals surface area contributed by atoms with Crippen LogP contribution in [0.15, 0.2) is 30.3 Å². The fraction of sp³-hybridized carbons (Fsp3) is 0.267. The molecule has 4 N–H and O–H groups in total. The lowest BCUT2D eigenvalue weighted by molar-refractivity contribution is 0.600. The molecule has 0 amide bonds. The summed E-state index contributed by atoms with van der Waals surface area (Å²) in [4.78, 5) is 8.45. The van der Waals surface area contributed by atoms with E-state index in [0.29, 0.717) is 16.6 Å². The minimum Gasteiger partial charge on any atom is -0.384 e. The van der Waals surface area contributed by atoms with Gasteiger partial charge in [-0.25, -0.2) is 18.4 Å². The molecule has 0 aliphatic carbocycles. The normalized spacial score (nSPS) is 11.1. The highest BCUT2D eigenvalue weighted by Gasteiger charge is 2.10. The van der Waals surface area contributed by atoms with Gasteiger partial charge in [0, 0.05) is 30.1 Å². The summed E-state index contributed by atoms with van der Waals surface area (Å²) in [7, 11) is -3.20. The molecule has 1 aromatic carbocycles. The van der Waals surface area contributed by atoms with Crippen molar-refractivity contribution in [3.8, 4) is 11.4 Å². The third kappa shape index (κ3) is 5.43. The molecule has 0 unspecified atom stereocenters. The molecular formula is C15H19N5O2S2. The zero-order valence-electron chi connectivity index (χ0n) is 13.4. The van der Waals surface area contributed by atoms with E-state index in [1.807, 2.05) is 31.2 Å². The average Bonchev–Trinajstić information content (AvgIpc) is 2.45. The van der Waals surface area contributed by atoms with Gasteiger partial charge in [-0.05, 0) is 43.4 Å². The van der Waals surface area contributed by atoms with Crippen LogP contribution in [-0.2, 0) is 15.6 Å². The number of hydrogen-bond donors (Lipinski definition) is 3. The maximum Gasteiger partial charge on any atom is 0.170 e. The van der Waals surface area contributed by atoms with Crippen LogP contribution >= 0.6 is 12.2 Å². The molecule has 0 radical (unpaired) electrons. The van der Waals surface area contributed by atoms with Crippen molar-refractivity contribution in [1.82, 2.24) is 15.3 Å². The first-order chi connectivity index (χ1) is 11.3. The van der Waals surface area contributed by atoms with E-state index >= 15 is 0 Å². The SMILES string of the molecule is CCNC(=S)Nc1ccc(-c2nc(N)cc(CS(C)(=O)=O)n2)cc1. The maximum absolute atomic E-state index is 11.4. The Hall–Kier alpha value is -2.26. The molecule has 0 aliphatic heterocycles. The predicted molar refractivity (Wildman–Crippen MR) is 100 cm³/mol. The third-order valence-corrected chi connectivity index (χ3v) is 4.01. The van der Waals surface area contributed by atoms with E-state index in [4.69, 9.17) is 18.0 Å². The lowest BCUT2D eigenvalue weighted by atomic mass is 10.2. The molecule has 2 rings (SSSR count). The summed E-state index contributed by atoms with van der Waals surface area (Å²) in [5, 5.41) is 6.59. The van der Waals surface area contributed by atoms with Crippen LogP contribution in [0.5, 0.6) is 0 Å². The molecule has 1 heterocycles. The Kier molecular flexibility index (Phi) is 5.68. The summed E-state index contributed by atoms with van der Waals surface area (Å²) < 4.78 is 22.9. The van der Waals surface area contributed by atoms with Crippen LogP contribution in [0, 0.1) is 0 Å². The number of nitrogens with one attached hydrogen (secondary N) is 2. The number of benzene rings is 1. The Morgan fingerprint density at radius 1 is 1.25 bits per heavy atom. The predicted octanol–water partition coefficient (Wildman–Crippen LogP) is 1.58. The second kappa shape index (κ2) is 7.54. The summed E-state index contributed by atoms with van der Waals surface area (Å²) in [5.74, 6) is 0.437. The molecule has 0 saturated carbocycles. The van der Waals surface area contributed by atoms with E-state index in [0.717, 1.165) is 24.1 Å². The van der Waals surface area contributed by atoms with E-state index in [1.54, 1.807) is 0 Å². The van der Waals surface area contributed by atoms with Crippen LogP contribution in [-0.4, -0.2) is 36.3 Å². The Morgan fingerprint density at radius 3 is 2.50 bits per heavy atom. The van der Waals surface area contributed by atoms with Crippen molar-refractivity contribution in [1.29, 1.82) is 0 Å². The monoisotopic (exact) mass is 365 g/mol. The quantitative estimate of drug-likeness (QED) is 0.685. The smallest absolute Gasteiger partial charge is 0.170 e. The molecule has 9 heteroatoms. The molecule has 0 saturated heterocycles. The largest absolute Gasteiger partial charge is 0.384 e. The van der Waals surface area contributed by atoms with Gasteiger partial charge in [-0.1, -0.05) is 0 Å². The molecule has 0 spiro atoms. The summed E-state index contributed by atoms with van der Waals surface area (Å²) in [6, 6.07) is 8.77. The van der Waals surface area contributed by atoms with Gasteiger partial charge in [0.1, 0.15) is 5.82 Å². The van der Waals surface area contributed by atoms with Crippen LogP contribution in [0.25, 0.3) is 11.4 Å². The minimum absolute atomic E-state index is 0.177. The van der Waals surface area contributed by atoms with Gasteiger partial charge >= 0.3 is 0 Å². The number of thiocarbonyl (C=S) groups is 1. The molecule has 7 nitrogen and oxygen atoms in total. The summed E-state index contributed by atoms with van der Waals surface area (Å²) >= 11 is 5.13. The van der Waals surface area contributed by atoms with Crippen LogP contribution < -0.4 is 16.4 Å².